The van der Waals surface area contributed by atoms with Crippen LogP contribution in [0.5, 0.6) is 0 Å². The average molecular weight is 563 g/mol. The van der Waals surface area contributed by atoms with E-state index in [9.17, 15) is 18.8 Å². The number of hydrogen-bond acceptors (Lipinski definition) is 7. The molecule has 1 N–H and O–H groups in total. The standard InChI is InChI=1S/C29H31FN6O3S/c1-18-14-34(11-12-36(18)26(37)17-35-15-19-5-3-4-6-21(19)28(35)39)24-8-7-20(30)13-22(24)27(38)32-29-31-23-9-10-33(2)16-25(23)40-29/h3-8,13,18H,9-12,14-17H2,1-2H3,(H,31,32,38)/t18-/m1/s1. The van der Waals surface area contributed by atoms with Gasteiger partial charge in [-0.1, -0.05) is 18.2 Å². The van der Waals surface area contributed by atoms with Crippen LogP contribution < -0.4 is 10.2 Å². The molecule has 40 heavy (non-hydrogen) atoms. The van der Waals surface area contributed by atoms with E-state index in [0.29, 0.717) is 42.6 Å². The van der Waals surface area contributed by atoms with E-state index in [2.05, 4.69) is 22.2 Å². The van der Waals surface area contributed by atoms with Crippen molar-refractivity contribution in [2.75, 3.05) is 50.0 Å². The number of thiazole rings is 1. The van der Waals surface area contributed by atoms with Crippen molar-refractivity contribution in [3.05, 3.63) is 75.5 Å². The second-order valence-electron chi connectivity index (χ2n) is 10.7. The summed E-state index contributed by atoms with van der Waals surface area (Å²) in [5.74, 6) is -1.13. The van der Waals surface area contributed by atoms with Crippen LogP contribution in [-0.4, -0.2) is 83.2 Å². The molecule has 2 aromatic carbocycles. The van der Waals surface area contributed by atoms with Crippen LogP contribution in [0.15, 0.2) is 42.5 Å². The monoisotopic (exact) mass is 562 g/mol. The zero-order valence-corrected chi connectivity index (χ0v) is 23.3. The fourth-order valence-corrected chi connectivity index (χ4v) is 6.83. The van der Waals surface area contributed by atoms with Gasteiger partial charge in [0.25, 0.3) is 11.8 Å². The lowest BCUT2D eigenvalue weighted by molar-refractivity contribution is -0.134. The van der Waals surface area contributed by atoms with E-state index in [1.807, 2.05) is 30.0 Å². The first-order chi connectivity index (χ1) is 19.3. The van der Waals surface area contributed by atoms with Gasteiger partial charge >= 0.3 is 0 Å². The van der Waals surface area contributed by atoms with E-state index in [0.717, 1.165) is 35.6 Å². The molecule has 0 spiro atoms. The van der Waals surface area contributed by atoms with E-state index < -0.39 is 11.7 Å². The van der Waals surface area contributed by atoms with Crippen molar-refractivity contribution in [3.63, 3.8) is 0 Å². The van der Waals surface area contributed by atoms with Crippen molar-refractivity contribution in [3.8, 4) is 0 Å². The van der Waals surface area contributed by atoms with Crippen LogP contribution >= 0.6 is 11.3 Å². The van der Waals surface area contributed by atoms with Crippen molar-refractivity contribution in [2.24, 2.45) is 0 Å². The lowest BCUT2D eigenvalue weighted by Gasteiger charge is -2.42. The first-order valence-electron chi connectivity index (χ1n) is 13.5. The molecule has 1 fully saturated rings. The zero-order chi connectivity index (χ0) is 28.0. The molecule has 3 aliphatic rings. The zero-order valence-electron chi connectivity index (χ0n) is 22.5. The van der Waals surface area contributed by atoms with Crippen molar-refractivity contribution in [2.45, 2.75) is 32.5 Å². The number of halogens is 1. The molecule has 3 amide bonds. The Morgan fingerprint density at radius 2 is 1.95 bits per heavy atom. The Kier molecular flexibility index (Phi) is 7.01. The molecule has 1 aromatic heterocycles. The van der Waals surface area contributed by atoms with E-state index in [4.69, 9.17) is 0 Å². The summed E-state index contributed by atoms with van der Waals surface area (Å²) in [4.78, 5) is 52.6. The van der Waals surface area contributed by atoms with Crippen molar-refractivity contribution in [1.29, 1.82) is 0 Å². The van der Waals surface area contributed by atoms with Crippen LogP contribution in [0.25, 0.3) is 0 Å². The minimum Gasteiger partial charge on any atom is -0.367 e. The van der Waals surface area contributed by atoms with Gasteiger partial charge in [-0.05, 0) is 43.8 Å². The molecule has 0 saturated carbocycles. The molecule has 9 nitrogen and oxygen atoms in total. The highest BCUT2D eigenvalue weighted by Gasteiger charge is 2.34. The molecular formula is C29H31FN6O3S. The number of nitrogens with zero attached hydrogens (tertiary/aromatic N) is 5. The summed E-state index contributed by atoms with van der Waals surface area (Å²) in [5, 5.41) is 3.40. The maximum atomic E-state index is 14.3. The van der Waals surface area contributed by atoms with Gasteiger partial charge in [0.05, 0.1) is 11.3 Å². The van der Waals surface area contributed by atoms with E-state index in [-0.39, 0.29) is 30.0 Å². The Hall–Kier alpha value is -3.83. The molecule has 4 heterocycles. The Balaban J connectivity index is 1.12. The summed E-state index contributed by atoms with van der Waals surface area (Å²) >= 11 is 1.46. The van der Waals surface area contributed by atoms with E-state index in [1.54, 1.807) is 21.9 Å². The number of rotatable bonds is 5. The number of amides is 3. The summed E-state index contributed by atoms with van der Waals surface area (Å²) in [5.41, 5.74) is 3.44. The molecule has 6 rings (SSSR count). The second-order valence-corrected chi connectivity index (χ2v) is 11.8. The van der Waals surface area contributed by atoms with Crippen LogP contribution in [-0.2, 0) is 24.3 Å². The predicted octanol–water partition coefficient (Wildman–Crippen LogP) is 3.22. The average Bonchev–Trinajstić information content (AvgIpc) is 3.47. The lowest BCUT2D eigenvalue weighted by Crippen LogP contribution is -2.56. The highest BCUT2D eigenvalue weighted by molar-refractivity contribution is 7.15. The first-order valence-corrected chi connectivity index (χ1v) is 14.3. The minimum absolute atomic E-state index is 0.0235. The normalized spacial score (nSPS) is 19.0. The Morgan fingerprint density at radius 1 is 1.12 bits per heavy atom. The molecular weight excluding hydrogens is 531 g/mol. The van der Waals surface area contributed by atoms with Crippen LogP contribution in [0.4, 0.5) is 15.2 Å². The van der Waals surface area contributed by atoms with E-state index in [1.165, 1.54) is 23.5 Å². The lowest BCUT2D eigenvalue weighted by atomic mass is 10.1. The fraction of sp³-hybridized carbons (Fsp3) is 0.379. The van der Waals surface area contributed by atoms with Gasteiger partial charge in [0.2, 0.25) is 5.91 Å². The maximum Gasteiger partial charge on any atom is 0.259 e. The van der Waals surface area contributed by atoms with E-state index >= 15 is 0 Å². The highest BCUT2D eigenvalue weighted by atomic mass is 32.1. The molecule has 0 bridgehead atoms. The molecule has 3 aliphatic heterocycles. The number of piperazine rings is 1. The largest absolute Gasteiger partial charge is 0.367 e. The summed E-state index contributed by atoms with van der Waals surface area (Å²) in [6.07, 6.45) is 0.836. The number of anilines is 2. The summed E-state index contributed by atoms with van der Waals surface area (Å²) < 4.78 is 14.3. The number of fused-ring (bicyclic) bond motifs is 2. The summed E-state index contributed by atoms with van der Waals surface area (Å²) in [7, 11) is 2.05. The molecule has 1 atom stereocenters. The molecule has 3 aromatic rings. The number of benzene rings is 2. The third kappa shape index (κ3) is 5.06. The molecule has 1 saturated heterocycles. The summed E-state index contributed by atoms with van der Waals surface area (Å²) in [6, 6.07) is 11.5. The third-order valence-corrected chi connectivity index (χ3v) is 8.85. The van der Waals surface area contributed by atoms with Gasteiger partial charge in [-0.3, -0.25) is 19.7 Å². The number of hydrogen-bond donors (Lipinski definition) is 1. The highest BCUT2D eigenvalue weighted by Crippen LogP contribution is 2.30. The van der Waals surface area contributed by atoms with Gasteiger partial charge in [-0.15, -0.1) is 11.3 Å². The van der Waals surface area contributed by atoms with Crippen molar-refractivity contribution in [1.82, 2.24) is 19.7 Å². The van der Waals surface area contributed by atoms with Crippen LogP contribution in [0, 0.1) is 5.82 Å². The third-order valence-electron chi connectivity index (χ3n) is 7.86. The number of carbonyl (C=O) groups excluding carboxylic acids is 3. The number of nitrogens with one attached hydrogen (secondary N) is 1. The van der Waals surface area contributed by atoms with Crippen LogP contribution in [0.3, 0.4) is 0 Å². The van der Waals surface area contributed by atoms with Crippen LogP contribution in [0.1, 0.15) is 43.8 Å². The fourth-order valence-electron chi connectivity index (χ4n) is 5.75. The number of aromatic nitrogens is 1. The van der Waals surface area contributed by atoms with Crippen molar-refractivity contribution < 1.29 is 18.8 Å². The number of likely N-dealkylation sites (N-methyl/N-ethyl adjacent to an activating group) is 1. The van der Waals surface area contributed by atoms with Crippen LogP contribution in [0.2, 0.25) is 0 Å². The molecule has 0 unspecified atom stereocenters. The summed E-state index contributed by atoms with van der Waals surface area (Å²) in [6.45, 7) is 5.51. The Morgan fingerprint density at radius 3 is 2.75 bits per heavy atom. The topological polar surface area (TPSA) is 89.1 Å². The van der Waals surface area contributed by atoms with Gasteiger partial charge in [-0.25, -0.2) is 9.37 Å². The first kappa shape index (κ1) is 26.4. The molecule has 0 radical (unpaired) electrons. The minimum atomic E-state index is -0.493. The molecule has 208 valence electrons. The quantitative estimate of drug-likeness (QED) is 0.514. The predicted molar refractivity (Wildman–Crippen MR) is 151 cm³/mol. The maximum absolute atomic E-state index is 14.3. The SMILES string of the molecule is C[C@@H]1CN(c2ccc(F)cc2C(=O)Nc2nc3c(s2)CN(C)CC3)CCN1C(=O)CN1Cc2ccccc2C1=O. The van der Waals surface area contributed by atoms with Gasteiger partial charge in [0.15, 0.2) is 5.13 Å². The van der Waals surface area contributed by atoms with Gasteiger partial charge in [0.1, 0.15) is 12.4 Å². The Labute approximate surface area is 236 Å². The van der Waals surface area contributed by atoms with Gasteiger partial charge < -0.3 is 19.6 Å². The Bertz CT molecular complexity index is 1490. The molecule has 11 heteroatoms. The van der Waals surface area contributed by atoms with Gasteiger partial charge in [-0.2, -0.15) is 0 Å². The number of carbonyl (C=O) groups is 3. The smallest absolute Gasteiger partial charge is 0.259 e. The second kappa shape index (κ2) is 10.6. The van der Waals surface area contributed by atoms with Gasteiger partial charge in [0, 0.05) is 67.9 Å². The molecule has 0 aliphatic carbocycles. The van der Waals surface area contributed by atoms with Crippen molar-refractivity contribution >= 4 is 39.9 Å².